The minimum absolute atomic E-state index is 0.0274. The summed E-state index contributed by atoms with van der Waals surface area (Å²) < 4.78 is 11.2. The van der Waals surface area contributed by atoms with Gasteiger partial charge < -0.3 is 14.8 Å². The number of benzene rings is 2. The normalized spacial score (nSPS) is 11.7. The SMILES string of the molecule is CCOc1ccc(C(C)NC(=O)CCc2ccc(Cl)c(Cl)c2)cc1OCC. The first kappa shape index (κ1) is 21.4. The molecule has 4 nitrogen and oxygen atoms in total. The number of hydrogen-bond acceptors (Lipinski definition) is 3. The summed E-state index contributed by atoms with van der Waals surface area (Å²) in [6.07, 6.45) is 0.973. The Bertz CT molecular complexity index is 780. The zero-order valence-corrected chi connectivity index (χ0v) is 17.4. The third-order valence-electron chi connectivity index (χ3n) is 4.07. The van der Waals surface area contributed by atoms with E-state index in [1.54, 1.807) is 12.1 Å². The fourth-order valence-electron chi connectivity index (χ4n) is 2.69. The van der Waals surface area contributed by atoms with Crippen molar-refractivity contribution in [3.8, 4) is 11.5 Å². The number of rotatable bonds is 9. The van der Waals surface area contributed by atoms with E-state index in [9.17, 15) is 4.79 Å². The molecule has 1 amide bonds. The standard InChI is InChI=1S/C21H25Cl2NO3/c1-4-26-19-10-8-16(13-20(19)27-5-2)14(3)24-21(25)11-7-15-6-9-17(22)18(23)12-15/h6,8-10,12-14H,4-5,7,11H2,1-3H3,(H,24,25). The number of ether oxygens (including phenoxy) is 2. The average molecular weight is 410 g/mol. The first-order valence-electron chi connectivity index (χ1n) is 9.07. The van der Waals surface area contributed by atoms with E-state index in [2.05, 4.69) is 5.32 Å². The maximum absolute atomic E-state index is 12.3. The zero-order chi connectivity index (χ0) is 19.8. The Kier molecular flexibility index (Phi) is 8.26. The highest BCUT2D eigenvalue weighted by atomic mass is 35.5. The topological polar surface area (TPSA) is 47.6 Å². The summed E-state index contributed by atoms with van der Waals surface area (Å²) in [5.74, 6) is 1.37. The van der Waals surface area contributed by atoms with Gasteiger partial charge in [0.25, 0.3) is 0 Å². The van der Waals surface area contributed by atoms with Gasteiger partial charge in [-0.05, 0) is 62.6 Å². The maximum Gasteiger partial charge on any atom is 0.220 e. The molecule has 0 saturated heterocycles. The molecule has 1 N–H and O–H groups in total. The largest absolute Gasteiger partial charge is 0.490 e. The van der Waals surface area contributed by atoms with Crippen molar-refractivity contribution < 1.29 is 14.3 Å². The van der Waals surface area contributed by atoms with Gasteiger partial charge in [-0.1, -0.05) is 35.3 Å². The van der Waals surface area contributed by atoms with Gasteiger partial charge in [-0.15, -0.1) is 0 Å². The molecule has 1 unspecified atom stereocenters. The fraction of sp³-hybridized carbons (Fsp3) is 0.381. The summed E-state index contributed by atoms with van der Waals surface area (Å²) >= 11 is 11.9. The van der Waals surface area contributed by atoms with E-state index in [-0.39, 0.29) is 11.9 Å². The lowest BCUT2D eigenvalue weighted by atomic mass is 10.1. The molecule has 0 spiro atoms. The van der Waals surface area contributed by atoms with Crippen LogP contribution < -0.4 is 14.8 Å². The van der Waals surface area contributed by atoms with Gasteiger partial charge in [-0.2, -0.15) is 0 Å². The first-order chi connectivity index (χ1) is 12.9. The molecule has 146 valence electrons. The Morgan fingerprint density at radius 2 is 1.70 bits per heavy atom. The molecule has 27 heavy (non-hydrogen) atoms. The van der Waals surface area contributed by atoms with Crippen LogP contribution in [0.15, 0.2) is 36.4 Å². The van der Waals surface area contributed by atoms with Crippen molar-refractivity contribution in [1.29, 1.82) is 0 Å². The molecule has 0 aliphatic carbocycles. The Labute approximate surface area is 170 Å². The molecule has 2 aromatic carbocycles. The van der Waals surface area contributed by atoms with Crippen molar-refractivity contribution in [1.82, 2.24) is 5.32 Å². The highest BCUT2D eigenvalue weighted by Gasteiger charge is 2.13. The number of hydrogen-bond donors (Lipinski definition) is 1. The van der Waals surface area contributed by atoms with E-state index < -0.39 is 0 Å². The highest BCUT2D eigenvalue weighted by Crippen LogP contribution is 2.30. The molecule has 0 radical (unpaired) electrons. The lowest BCUT2D eigenvalue weighted by Gasteiger charge is -2.17. The van der Waals surface area contributed by atoms with E-state index >= 15 is 0 Å². The Morgan fingerprint density at radius 3 is 2.37 bits per heavy atom. The summed E-state index contributed by atoms with van der Waals surface area (Å²) in [4.78, 5) is 12.3. The van der Waals surface area contributed by atoms with E-state index in [4.69, 9.17) is 32.7 Å². The van der Waals surface area contributed by atoms with Gasteiger partial charge in [0, 0.05) is 6.42 Å². The van der Waals surface area contributed by atoms with E-state index in [0.717, 1.165) is 11.1 Å². The van der Waals surface area contributed by atoms with Crippen LogP contribution in [0.5, 0.6) is 11.5 Å². The van der Waals surface area contributed by atoms with Crippen molar-refractivity contribution in [3.05, 3.63) is 57.6 Å². The number of amides is 1. The van der Waals surface area contributed by atoms with E-state index in [1.165, 1.54) is 0 Å². The summed E-state index contributed by atoms with van der Waals surface area (Å²) in [5, 5.41) is 4.03. The molecule has 6 heteroatoms. The van der Waals surface area contributed by atoms with Crippen molar-refractivity contribution in [3.63, 3.8) is 0 Å². The minimum Gasteiger partial charge on any atom is -0.490 e. The molecule has 0 fully saturated rings. The highest BCUT2D eigenvalue weighted by molar-refractivity contribution is 6.42. The monoisotopic (exact) mass is 409 g/mol. The van der Waals surface area contributed by atoms with Crippen LogP contribution in [0.25, 0.3) is 0 Å². The molecular formula is C21H25Cl2NO3. The molecular weight excluding hydrogens is 385 g/mol. The molecule has 2 rings (SSSR count). The summed E-state index contributed by atoms with van der Waals surface area (Å²) in [6.45, 7) is 6.92. The van der Waals surface area contributed by atoms with Crippen LogP contribution in [0.1, 0.15) is 44.4 Å². The summed E-state index contributed by atoms with van der Waals surface area (Å²) in [6, 6.07) is 11.0. The smallest absolute Gasteiger partial charge is 0.220 e. The van der Waals surface area contributed by atoms with Crippen LogP contribution in [0.4, 0.5) is 0 Å². The molecule has 0 aromatic heterocycles. The lowest BCUT2D eigenvalue weighted by Crippen LogP contribution is -2.26. The molecule has 0 aliphatic heterocycles. The maximum atomic E-state index is 12.3. The molecule has 0 saturated carbocycles. The fourth-order valence-corrected chi connectivity index (χ4v) is 3.01. The molecule has 0 heterocycles. The van der Waals surface area contributed by atoms with Gasteiger partial charge in [0.2, 0.25) is 5.91 Å². The molecule has 2 aromatic rings. The second-order valence-corrected chi connectivity index (χ2v) is 6.92. The van der Waals surface area contributed by atoms with Crippen molar-refractivity contribution >= 4 is 29.1 Å². The van der Waals surface area contributed by atoms with Gasteiger partial charge in [0.05, 0.1) is 29.3 Å². The minimum atomic E-state index is -0.138. The molecule has 1 atom stereocenters. The van der Waals surface area contributed by atoms with Crippen LogP contribution in [0, 0.1) is 0 Å². The van der Waals surface area contributed by atoms with Crippen LogP contribution in [0.3, 0.4) is 0 Å². The van der Waals surface area contributed by atoms with Gasteiger partial charge in [-0.25, -0.2) is 0 Å². The van der Waals surface area contributed by atoms with Gasteiger partial charge in [0.1, 0.15) is 0 Å². The number of aryl methyl sites for hydroxylation is 1. The second kappa shape index (κ2) is 10.4. The lowest BCUT2D eigenvalue weighted by molar-refractivity contribution is -0.121. The third-order valence-corrected chi connectivity index (χ3v) is 4.81. The predicted octanol–water partition coefficient (Wildman–Crippen LogP) is 5.60. The van der Waals surface area contributed by atoms with Crippen LogP contribution in [0.2, 0.25) is 10.0 Å². The van der Waals surface area contributed by atoms with E-state index in [1.807, 2.05) is 45.0 Å². The number of carbonyl (C=O) groups is 1. The summed E-state index contributed by atoms with van der Waals surface area (Å²) in [7, 11) is 0. The number of halogens is 2. The Balaban J connectivity index is 1.96. The number of nitrogens with one attached hydrogen (secondary N) is 1. The number of carbonyl (C=O) groups excluding carboxylic acids is 1. The first-order valence-corrected chi connectivity index (χ1v) is 9.83. The van der Waals surface area contributed by atoms with Crippen LogP contribution >= 0.6 is 23.2 Å². The van der Waals surface area contributed by atoms with Crippen LogP contribution in [-0.4, -0.2) is 19.1 Å². The van der Waals surface area contributed by atoms with Crippen molar-refractivity contribution in [2.75, 3.05) is 13.2 Å². The molecule has 0 aliphatic rings. The van der Waals surface area contributed by atoms with Crippen molar-refractivity contribution in [2.24, 2.45) is 0 Å². The Hall–Kier alpha value is -1.91. The Morgan fingerprint density at radius 1 is 1.00 bits per heavy atom. The summed E-state index contributed by atoms with van der Waals surface area (Å²) in [5.41, 5.74) is 1.94. The van der Waals surface area contributed by atoms with E-state index in [0.29, 0.717) is 47.6 Å². The van der Waals surface area contributed by atoms with Crippen molar-refractivity contribution in [2.45, 2.75) is 39.7 Å². The van der Waals surface area contributed by atoms with Gasteiger partial charge >= 0.3 is 0 Å². The quantitative estimate of drug-likeness (QED) is 0.585. The van der Waals surface area contributed by atoms with Crippen LogP contribution in [-0.2, 0) is 11.2 Å². The average Bonchev–Trinajstić information content (AvgIpc) is 2.64. The second-order valence-electron chi connectivity index (χ2n) is 6.11. The van der Waals surface area contributed by atoms with Gasteiger partial charge in [-0.3, -0.25) is 4.79 Å². The third kappa shape index (κ3) is 6.33. The predicted molar refractivity (Wildman–Crippen MR) is 110 cm³/mol. The zero-order valence-electron chi connectivity index (χ0n) is 15.9. The molecule has 0 bridgehead atoms. The van der Waals surface area contributed by atoms with Gasteiger partial charge in [0.15, 0.2) is 11.5 Å².